The normalized spacial score (nSPS) is 11.3. The van der Waals surface area contributed by atoms with Crippen molar-refractivity contribution in [3.8, 4) is 0 Å². The number of hydrogen-bond acceptors (Lipinski definition) is 6. The lowest BCUT2D eigenvalue weighted by Crippen LogP contribution is -2.30. The maximum absolute atomic E-state index is 12.0. The van der Waals surface area contributed by atoms with Gasteiger partial charge in [-0.1, -0.05) is 0 Å². The van der Waals surface area contributed by atoms with E-state index in [1.165, 1.54) is 13.8 Å². The van der Waals surface area contributed by atoms with Crippen LogP contribution in [0.25, 0.3) is 0 Å². The zero-order valence-electron chi connectivity index (χ0n) is 10.5. The molecule has 0 atom stereocenters. The molecule has 9 heteroatoms. The number of aryl methyl sites for hydroxylation is 2. The molecule has 0 aromatic carbocycles. The number of carboxylic acids is 1. The monoisotopic (exact) mass is 291 g/mol. The summed E-state index contributed by atoms with van der Waals surface area (Å²) in [6, 6.07) is 0. The predicted octanol–water partition coefficient (Wildman–Crippen LogP) is 0.0459. The highest BCUT2D eigenvalue weighted by molar-refractivity contribution is 7.89. The summed E-state index contributed by atoms with van der Waals surface area (Å²) in [5.74, 6) is -2.15. The summed E-state index contributed by atoms with van der Waals surface area (Å²) in [6.45, 7) is 1.97. The van der Waals surface area contributed by atoms with E-state index in [9.17, 15) is 18.0 Å². The minimum absolute atomic E-state index is 0.0178. The number of hydrogen-bond donors (Lipinski definition) is 2. The summed E-state index contributed by atoms with van der Waals surface area (Å²) in [6.07, 6.45) is 0. The molecule has 0 aliphatic rings. The molecule has 8 nitrogen and oxygen atoms in total. The van der Waals surface area contributed by atoms with E-state index in [-0.39, 0.29) is 17.1 Å². The Balaban J connectivity index is 3.33. The summed E-state index contributed by atoms with van der Waals surface area (Å²) in [5.41, 5.74) is -0.238. The standard InChI is InChI=1S/C10H13NO7S/c1-5-8(10(14)17-3)9(6(2)18-5)19(15,16)11-4-7(12)13/h11H,4H2,1-3H3,(H,12,13). The Morgan fingerprint density at radius 3 is 2.37 bits per heavy atom. The maximum Gasteiger partial charge on any atom is 0.342 e. The number of rotatable bonds is 5. The fraction of sp³-hybridized carbons (Fsp3) is 0.400. The van der Waals surface area contributed by atoms with Gasteiger partial charge in [0.1, 0.15) is 28.5 Å². The fourth-order valence-corrected chi connectivity index (χ4v) is 2.93. The van der Waals surface area contributed by atoms with Crippen LogP contribution in [0.1, 0.15) is 21.9 Å². The average molecular weight is 291 g/mol. The Hall–Kier alpha value is -1.87. The van der Waals surface area contributed by atoms with E-state index >= 15 is 0 Å². The molecule has 1 aromatic heterocycles. The number of ether oxygens (including phenoxy) is 1. The number of methoxy groups -OCH3 is 1. The summed E-state index contributed by atoms with van der Waals surface area (Å²) in [5, 5.41) is 8.48. The molecule has 0 amide bonds. The summed E-state index contributed by atoms with van der Waals surface area (Å²) >= 11 is 0. The molecular weight excluding hydrogens is 278 g/mol. The van der Waals surface area contributed by atoms with E-state index in [0.717, 1.165) is 7.11 Å². The number of carboxylic acid groups (broad SMARTS) is 1. The van der Waals surface area contributed by atoms with Crippen molar-refractivity contribution in [1.29, 1.82) is 0 Å². The second-order valence-corrected chi connectivity index (χ2v) is 5.33. The number of aliphatic carboxylic acids is 1. The number of carbonyl (C=O) groups is 2. The van der Waals surface area contributed by atoms with Crippen molar-refractivity contribution < 1.29 is 32.3 Å². The second-order valence-electron chi connectivity index (χ2n) is 3.63. The number of nitrogens with one attached hydrogen (secondary N) is 1. The predicted molar refractivity (Wildman–Crippen MR) is 62.3 cm³/mol. The lowest BCUT2D eigenvalue weighted by Gasteiger charge is -2.05. The zero-order chi connectivity index (χ0) is 14.8. The Morgan fingerprint density at radius 2 is 1.89 bits per heavy atom. The molecule has 0 spiro atoms. The number of carbonyl (C=O) groups excluding carboxylic acids is 1. The molecule has 2 N–H and O–H groups in total. The van der Waals surface area contributed by atoms with Gasteiger partial charge in [-0.05, 0) is 13.8 Å². The van der Waals surface area contributed by atoms with Gasteiger partial charge in [-0.15, -0.1) is 0 Å². The minimum Gasteiger partial charge on any atom is -0.480 e. The first-order valence-electron chi connectivity index (χ1n) is 5.10. The summed E-state index contributed by atoms with van der Waals surface area (Å²) in [4.78, 5) is 21.6. The van der Waals surface area contributed by atoms with Crippen molar-refractivity contribution in [2.45, 2.75) is 18.7 Å². The lowest BCUT2D eigenvalue weighted by atomic mass is 10.2. The van der Waals surface area contributed by atoms with E-state index in [0.29, 0.717) is 0 Å². The Bertz CT molecular complexity index is 614. The second kappa shape index (κ2) is 5.41. The van der Waals surface area contributed by atoms with E-state index in [2.05, 4.69) is 4.74 Å². The van der Waals surface area contributed by atoms with E-state index in [1.807, 2.05) is 4.72 Å². The van der Waals surface area contributed by atoms with Gasteiger partial charge in [0.25, 0.3) is 0 Å². The maximum atomic E-state index is 12.0. The summed E-state index contributed by atoms with van der Waals surface area (Å²) in [7, 11) is -3.07. The number of furan rings is 1. The molecule has 0 unspecified atom stereocenters. The minimum atomic E-state index is -4.18. The number of sulfonamides is 1. The first kappa shape index (κ1) is 15.2. The molecule has 0 fully saturated rings. The van der Waals surface area contributed by atoms with Crippen molar-refractivity contribution in [3.05, 3.63) is 17.1 Å². The Morgan fingerprint density at radius 1 is 1.32 bits per heavy atom. The molecule has 0 aliphatic carbocycles. The van der Waals surface area contributed by atoms with Gasteiger partial charge in [-0.3, -0.25) is 4.79 Å². The first-order chi connectivity index (χ1) is 8.70. The van der Waals surface area contributed by atoms with Gasteiger partial charge in [-0.2, -0.15) is 4.72 Å². The third-order valence-electron chi connectivity index (χ3n) is 2.28. The first-order valence-corrected chi connectivity index (χ1v) is 6.58. The van der Waals surface area contributed by atoms with Crippen LogP contribution in [0.3, 0.4) is 0 Å². The van der Waals surface area contributed by atoms with Crippen molar-refractivity contribution in [2.75, 3.05) is 13.7 Å². The molecule has 0 aliphatic heterocycles. The van der Waals surface area contributed by atoms with Crippen LogP contribution in [-0.2, 0) is 19.6 Å². The molecule has 0 bridgehead atoms. The van der Waals surface area contributed by atoms with E-state index in [1.54, 1.807) is 0 Å². The molecule has 106 valence electrons. The molecule has 19 heavy (non-hydrogen) atoms. The molecule has 0 saturated carbocycles. The van der Waals surface area contributed by atoms with E-state index < -0.39 is 33.4 Å². The van der Waals surface area contributed by atoms with Crippen LogP contribution in [0.5, 0.6) is 0 Å². The van der Waals surface area contributed by atoms with Crippen LogP contribution in [0.15, 0.2) is 9.31 Å². The highest BCUT2D eigenvalue weighted by atomic mass is 32.2. The van der Waals surface area contributed by atoms with Gasteiger partial charge < -0.3 is 14.3 Å². The largest absolute Gasteiger partial charge is 0.480 e. The summed E-state index contributed by atoms with van der Waals surface area (Å²) < 4.78 is 35.4. The Labute approximate surface area is 109 Å². The third-order valence-corrected chi connectivity index (χ3v) is 3.83. The fourth-order valence-electron chi connectivity index (χ4n) is 1.55. The van der Waals surface area contributed by atoms with Crippen molar-refractivity contribution in [2.24, 2.45) is 0 Å². The molecular formula is C10H13NO7S. The molecule has 1 heterocycles. The quantitative estimate of drug-likeness (QED) is 0.734. The van der Waals surface area contributed by atoms with Crippen molar-refractivity contribution >= 4 is 22.0 Å². The Kier molecular flexibility index (Phi) is 4.32. The van der Waals surface area contributed by atoms with Crippen molar-refractivity contribution in [3.63, 3.8) is 0 Å². The van der Waals surface area contributed by atoms with Gasteiger partial charge in [0, 0.05) is 0 Å². The van der Waals surface area contributed by atoms with Crippen LogP contribution >= 0.6 is 0 Å². The lowest BCUT2D eigenvalue weighted by molar-refractivity contribution is -0.135. The van der Waals surface area contributed by atoms with Gasteiger partial charge in [0.2, 0.25) is 10.0 Å². The van der Waals surface area contributed by atoms with Crippen LogP contribution in [0.4, 0.5) is 0 Å². The molecule has 1 aromatic rings. The van der Waals surface area contributed by atoms with Gasteiger partial charge in [-0.25, -0.2) is 13.2 Å². The molecule has 1 rings (SSSR count). The van der Waals surface area contributed by atoms with E-state index in [4.69, 9.17) is 9.52 Å². The smallest absolute Gasteiger partial charge is 0.342 e. The van der Waals surface area contributed by atoms with Crippen LogP contribution in [0, 0.1) is 13.8 Å². The number of esters is 1. The third kappa shape index (κ3) is 3.12. The topological polar surface area (TPSA) is 123 Å². The average Bonchev–Trinajstić information content (AvgIpc) is 2.61. The van der Waals surface area contributed by atoms with Gasteiger partial charge in [0.05, 0.1) is 7.11 Å². The molecule has 0 saturated heterocycles. The zero-order valence-corrected chi connectivity index (χ0v) is 11.3. The van der Waals surface area contributed by atoms with Crippen LogP contribution < -0.4 is 4.72 Å². The highest BCUT2D eigenvalue weighted by Gasteiger charge is 2.31. The van der Waals surface area contributed by atoms with Crippen LogP contribution in [-0.4, -0.2) is 39.1 Å². The highest BCUT2D eigenvalue weighted by Crippen LogP contribution is 2.26. The van der Waals surface area contributed by atoms with Gasteiger partial charge in [0.15, 0.2) is 0 Å². The molecule has 0 radical (unpaired) electrons. The van der Waals surface area contributed by atoms with Gasteiger partial charge >= 0.3 is 11.9 Å². The SMILES string of the molecule is COC(=O)c1c(C)oc(C)c1S(=O)(=O)NCC(=O)O. The van der Waals surface area contributed by atoms with Crippen molar-refractivity contribution in [1.82, 2.24) is 4.72 Å². The van der Waals surface area contributed by atoms with Crippen LogP contribution in [0.2, 0.25) is 0 Å².